The number of benzene rings is 1. The minimum absolute atomic E-state index is 0.00459. The van der Waals surface area contributed by atoms with Gasteiger partial charge in [-0.2, -0.15) is 0 Å². The van der Waals surface area contributed by atoms with Gasteiger partial charge < -0.3 is 15.0 Å². The molecule has 1 saturated carbocycles. The second-order valence-electron chi connectivity index (χ2n) is 10.4. The lowest BCUT2D eigenvalue weighted by molar-refractivity contribution is 0.0645. The van der Waals surface area contributed by atoms with Crippen molar-refractivity contribution in [3.05, 3.63) is 65.6 Å². The van der Waals surface area contributed by atoms with Crippen LogP contribution in [0, 0.1) is 12.7 Å². The fraction of sp³-hybridized carbons (Fsp3) is 0.393. The van der Waals surface area contributed by atoms with Crippen molar-refractivity contribution in [3.8, 4) is 22.8 Å². The van der Waals surface area contributed by atoms with E-state index in [9.17, 15) is 9.18 Å². The number of alkyl halides is 1. The van der Waals surface area contributed by atoms with Crippen LogP contribution in [-0.4, -0.2) is 63.0 Å². The quantitative estimate of drug-likeness (QED) is 0.407. The van der Waals surface area contributed by atoms with Crippen LogP contribution >= 0.6 is 0 Å². The highest BCUT2D eigenvalue weighted by molar-refractivity contribution is 5.96. The predicted octanol–water partition coefficient (Wildman–Crippen LogP) is 4.43. The molecule has 1 aliphatic heterocycles. The van der Waals surface area contributed by atoms with Gasteiger partial charge in [-0.05, 0) is 57.4 Å². The highest BCUT2D eigenvalue weighted by Gasteiger charge is 2.38. The molecule has 1 amide bonds. The number of halogens is 2. The Labute approximate surface area is 219 Å². The molecule has 10 heteroatoms. The van der Waals surface area contributed by atoms with Crippen molar-refractivity contribution in [1.82, 2.24) is 29.2 Å². The number of hydrogen-bond acceptors (Lipinski definition) is 5. The summed E-state index contributed by atoms with van der Waals surface area (Å²) >= 11 is 0. The minimum atomic E-state index is -1.50. The SMILES string of the molecule is COc1cc2ncc(-n3cnc(-c4cc(C(=O)NC5CC5)c(F)cc4C)c3)n2cc1C1(F)CCN(C)CC1. The zero-order chi connectivity index (χ0) is 26.6. The lowest BCUT2D eigenvalue weighted by Gasteiger charge is -2.35. The standard InChI is InChI=1S/C28H30F2N6O2/c1-17-10-22(29)20(27(37)33-18-4-5-18)11-19(17)23-15-35(16-32-23)26-13-31-25-12-24(38-3)21(14-36(25)26)28(30)6-8-34(2)9-7-28/h10-16,18H,4-9H2,1-3H3,(H,33,37). The van der Waals surface area contributed by atoms with Crippen LogP contribution < -0.4 is 10.1 Å². The topological polar surface area (TPSA) is 76.7 Å². The number of rotatable bonds is 6. The van der Waals surface area contributed by atoms with E-state index in [1.807, 2.05) is 11.4 Å². The zero-order valence-corrected chi connectivity index (χ0v) is 21.7. The van der Waals surface area contributed by atoms with E-state index in [2.05, 4.69) is 20.2 Å². The molecule has 1 aliphatic carbocycles. The third-order valence-electron chi connectivity index (χ3n) is 7.67. The van der Waals surface area contributed by atoms with Gasteiger partial charge in [0.05, 0.1) is 24.6 Å². The molecule has 198 valence electrons. The van der Waals surface area contributed by atoms with E-state index >= 15 is 4.39 Å². The van der Waals surface area contributed by atoms with E-state index < -0.39 is 17.4 Å². The first-order chi connectivity index (χ1) is 18.3. The summed E-state index contributed by atoms with van der Waals surface area (Å²) in [6.45, 7) is 3.11. The van der Waals surface area contributed by atoms with Gasteiger partial charge in [-0.3, -0.25) is 13.8 Å². The third kappa shape index (κ3) is 4.32. The molecule has 4 heterocycles. The van der Waals surface area contributed by atoms with Crippen molar-refractivity contribution in [2.75, 3.05) is 27.2 Å². The van der Waals surface area contributed by atoms with Crippen LogP contribution in [0.25, 0.3) is 22.7 Å². The van der Waals surface area contributed by atoms with Crippen molar-refractivity contribution < 1.29 is 18.3 Å². The Morgan fingerprint density at radius 3 is 2.63 bits per heavy atom. The number of amides is 1. The first-order valence-corrected chi connectivity index (χ1v) is 12.8. The number of aryl methyl sites for hydroxylation is 1. The number of methoxy groups -OCH3 is 1. The number of likely N-dealkylation sites (tertiary alicyclic amines) is 1. The Morgan fingerprint density at radius 2 is 1.92 bits per heavy atom. The summed E-state index contributed by atoms with van der Waals surface area (Å²) in [7, 11) is 3.54. The molecular formula is C28H30F2N6O2. The molecule has 0 spiro atoms. The first kappa shape index (κ1) is 24.5. The van der Waals surface area contributed by atoms with Crippen LogP contribution in [0.3, 0.4) is 0 Å². The number of carbonyl (C=O) groups is 1. The number of imidazole rings is 2. The smallest absolute Gasteiger partial charge is 0.254 e. The lowest BCUT2D eigenvalue weighted by atomic mass is 9.86. The number of nitrogens with one attached hydrogen (secondary N) is 1. The molecule has 0 radical (unpaired) electrons. The molecular weight excluding hydrogens is 490 g/mol. The maximum Gasteiger partial charge on any atom is 0.254 e. The van der Waals surface area contributed by atoms with Gasteiger partial charge in [-0.25, -0.2) is 18.7 Å². The Kier molecular flexibility index (Phi) is 5.94. The van der Waals surface area contributed by atoms with Crippen LogP contribution in [0.15, 0.2) is 43.1 Å². The van der Waals surface area contributed by atoms with Crippen LogP contribution in [0.2, 0.25) is 0 Å². The van der Waals surface area contributed by atoms with Gasteiger partial charge in [0.25, 0.3) is 5.91 Å². The Morgan fingerprint density at radius 1 is 1.16 bits per heavy atom. The van der Waals surface area contributed by atoms with Crippen LogP contribution in [-0.2, 0) is 5.67 Å². The molecule has 4 aromatic rings. The van der Waals surface area contributed by atoms with Gasteiger partial charge >= 0.3 is 0 Å². The molecule has 38 heavy (non-hydrogen) atoms. The number of piperidine rings is 1. The molecule has 0 atom stereocenters. The monoisotopic (exact) mass is 520 g/mol. The number of hydrogen-bond donors (Lipinski definition) is 1. The van der Waals surface area contributed by atoms with Gasteiger partial charge in [0, 0.05) is 48.7 Å². The summed E-state index contributed by atoms with van der Waals surface area (Å²) in [5.74, 6) is 0.182. The summed E-state index contributed by atoms with van der Waals surface area (Å²) in [5, 5.41) is 2.84. The van der Waals surface area contributed by atoms with Crippen molar-refractivity contribution >= 4 is 11.6 Å². The summed E-state index contributed by atoms with van der Waals surface area (Å²) in [5.41, 5.74) is 1.54. The second-order valence-corrected chi connectivity index (χ2v) is 10.4. The summed E-state index contributed by atoms with van der Waals surface area (Å²) in [6.07, 6.45) is 9.50. The molecule has 0 unspecified atom stereocenters. The van der Waals surface area contributed by atoms with Gasteiger partial charge in [0.2, 0.25) is 0 Å². The number of fused-ring (bicyclic) bond motifs is 1. The molecule has 2 fully saturated rings. The van der Waals surface area contributed by atoms with E-state index in [0.29, 0.717) is 65.5 Å². The Balaban J connectivity index is 1.38. The molecule has 8 nitrogen and oxygen atoms in total. The highest BCUT2D eigenvalue weighted by atomic mass is 19.1. The molecule has 1 saturated heterocycles. The van der Waals surface area contributed by atoms with Gasteiger partial charge in [0.1, 0.15) is 35.0 Å². The second kappa shape index (κ2) is 9.20. The van der Waals surface area contributed by atoms with E-state index in [1.54, 1.807) is 55.7 Å². The normalized spacial score (nSPS) is 17.6. The van der Waals surface area contributed by atoms with Gasteiger partial charge in [0.15, 0.2) is 0 Å². The Bertz CT molecular complexity index is 1530. The van der Waals surface area contributed by atoms with Crippen LogP contribution in [0.5, 0.6) is 5.75 Å². The summed E-state index contributed by atoms with van der Waals surface area (Å²) < 4.78 is 40.0. The number of pyridine rings is 1. The van der Waals surface area contributed by atoms with Gasteiger partial charge in [-0.15, -0.1) is 0 Å². The Hall–Kier alpha value is -3.79. The van der Waals surface area contributed by atoms with E-state index in [4.69, 9.17) is 4.74 Å². The van der Waals surface area contributed by atoms with E-state index in [-0.39, 0.29) is 11.6 Å². The van der Waals surface area contributed by atoms with E-state index in [1.165, 1.54) is 6.07 Å². The third-order valence-corrected chi connectivity index (χ3v) is 7.67. The average Bonchev–Trinajstić information content (AvgIpc) is 3.41. The maximum absolute atomic E-state index is 16.2. The largest absolute Gasteiger partial charge is 0.496 e. The zero-order valence-electron chi connectivity index (χ0n) is 21.7. The molecule has 0 bridgehead atoms. The lowest BCUT2D eigenvalue weighted by Crippen LogP contribution is -2.38. The van der Waals surface area contributed by atoms with Crippen molar-refractivity contribution in [1.29, 1.82) is 0 Å². The van der Waals surface area contributed by atoms with E-state index in [0.717, 1.165) is 12.8 Å². The minimum Gasteiger partial charge on any atom is -0.496 e. The van der Waals surface area contributed by atoms with Crippen molar-refractivity contribution in [3.63, 3.8) is 0 Å². The van der Waals surface area contributed by atoms with Crippen LogP contribution in [0.4, 0.5) is 8.78 Å². The fourth-order valence-electron chi connectivity index (χ4n) is 5.13. The van der Waals surface area contributed by atoms with Crippen LogP contribution in [0.1, 0.15) is 47.2 Å². The number of nitrogens with zero attached hydrogens (tertiary/aromatic N) is 5. The predicted molar refractivity (Wildman–Crippen MR) is 139 cm³/mol. The fourth-order valence-corrected chi connectivity index (χ4v) is 5.13. The summed E-state index contributed by atoms with van der Waals surface area (Å²) in [4.78, 5) is 23.8. The van der Waals surface area contributed by atoms with Gasteiger partial charge in [-0.1, -0.05) is 0 Å². The number of aromatic nitrogens is 4. The molecule has 3 aromatic heterocycles. The molecule has 2 aliphatic rings. The van der Waals surface area contributed by atoms with Crippen molar-refractivity contribution in [2.45, 2.75) is 44.3 Å². The average molecular weight is 521 g/mol. The summed E-state index contributed by atoms with van der Waals surface area (Å²) in [6, 6.07) is 4.80. The number of ether oxygens (including phenoxy) is 1. The number of carbonyl (C=O) groups excluding carboxylic acids is 1. The molecule has 1 N–H and O–H groups in total. The van der Waals surface area contributed by atoms with Crippen molar-refractivity contribution in [2.24, 2.45) is 0 Å². The first-order valence-electron chi connectivity index (χ1n) is 12.8. The maximum atomic E-state index is 16.2. The highest BCUT2D eigenvalue weighted by Crippen LogP contribution is 2.42. The molecule has 6 rings (SSSR count). The molecule has 1 aromatic carbocycles.